The van der Waals surface area contributed by atoms with Gasteiger partial charge in [0.15, 0.2) is 11.9 Å². The van der Waals surface area contributed by atoms with Crippen LogP contribution in [0, 0.1) is 5.92 Å². The van der Waals surface area contributed by atoms with Crippen LogP contribution in [-0.4, -0.2) is 11.6 Å². The van der Waals surface area contributed by atoms with E-state index >= 15 is 0 Å². The van der Waals surface area contributed by atoms with E-state index in [4.69, 9.17) is 4.74 Å². The van der Waals surface area contributed by atoms with Gasteiger partial charge in [-0.05, 0) is 25.7 Å². The summed E-state index contributed by atoms with van der Waals surface area (Å²) in [4.78, 5) is 12.1. The van der Waals surface area contributed by atoms with Gasteiger partial charge in [-0.1, -0.05) is 26.3 Å². The lowest BCUT2D eigenvalue weighted by Gasteiger charge is -2.36. The third-order valence-corrected chi connectivity index (χ3v) is 4.22. The number of ether oxygens (including phenoxy) is 1. The molecule has 3 heteroatoms. The summed E-state index contributed by atoms with van der Waals surface area (Å²) in [6.07, 6.45) is 8.41. The van der Waals surface area contributed by atoms with Crippen molar-refractivity contribution in [2.45, 2.75) is 58.0 Å². The van der Waals surface area contributed by atoms with Gasteiger partial charge in [-0.15, -0.1) is 0 Å². The van der Waals surface area contributed by atoms with Gasteiger partial charge in [-0.2, -0.15) is 0 Å². The van der Waals surface area contributed by atoms with Gasteiger partial charge >= 0.3 is 5.97 Å². The number of carbonyl (C=O) groups excluding carboxylic acids is 1. The Hall–Kier alpha value is -1.38. The Labute approximate surface area is 122 Å². The maximum atomic E-state index is 12.1. The predicted octanol–water partition coefficient (Wildman–Crippen LogP) is 2.96. The summed E-state index contributed by atoms with van der Waals surface area (Å²) in [5.41, 5.74) is 0.935. The molecule has 0 saturated heterocycles. The smallest absolute Gasteiger partial charge is 0.308 e. The molecule has 0 spiro atoms. The molecule has 0 radical (unpaired) electrons. The van der Waals surface area contributed by atoms with Crippen LogP contribution in [0.2, 0.25) is 0 Å². The fraction of sp³-hybridized carbons (Fsp3) is 0.647. The number of hydrogen-bond acceptors (Lipinski definition) is 2. The van der Waals surface area contributed by atoms with Gasteiger partial charge in [0.2, 0.25) is 0 Å². The Bertz CT molecular complexity index is 462. The summed E-state index contributed by atoms with van der Waals surface area (Å²) in [5.74, 6) is -0.121. The summed E-state index contributed by atoms with van der Waals surface area (Å²) < 4.78 is 8.07. The van der Waals surface area contributed by atoms with Crippen molar-refractivity contribution in [3.05, 3.63) is 30.1 Å². The van der Waals surface area contributed by atoms with E-state index in [0.29, 0.717) is 0 Å². The molecule has 0 atom stereocenters. The molecule has 0 amide bonds. The lowest BCUT2D eigenvalue weighted by molar-refractivity contribution is -0.679. The second kappa shape index (κ2) is 6.38. The lowest BCUT2D eigenvalue weighted by atomic mass is 9.81. The van der Waals surface area contributed by atoms with Crippen LogP contribution in [0.15, 0.2) is 24.4 Å². The maximum Gasteiger partial charge on any atom is 0.308 e. The van der Waals surface area contributed by atoms with E-state index in [0.717, 1.165) is 32.1 Å². The zero-order valence-corrected chi connectivity index (χ0v) is 12.9. The zero-order chi connectivity index (χ0) is 14.6. The third kappa shape index (κ3) is 3.59. The first-order valence-corrected chi connectivity index (χ1v) is 7.69. The monoisotopic (exact) mass is 276 g/mol. The topological polar surface area (TPSA) is 30.2 Å². The highest BCUT2D eigenvalue weighted by Crippen LogP contribution is 2.34. The van der Waals surface area contributed by atoms with Gasteiger partial charge < -0.3 is 4.74 Å². The SMILES string of the molecule is CC(C)C(=O)OC1(Cc2cccc[n+]2C)CCCCC1. The van der Waals surface area contributed by atoms with Crippen LogP contribution >= 0.6 is 0 Å². The van der Waals surface area contributed by atoms with Gasteiger partial charge in [-0.25, -0.2) is 4.57 Å². The molecule has 2 rings (SSSR count). The van der Waals surface area contributed by atoms with Crippen molar-refractivity contribution < 1.29 is 14.1 Å². The third-order valence-electron chi connectivity index (χ3n) is 4.22. The standard InChI is InChI=1S/C17H26NO2/c1-14(2)16(19)20-17(10-6-4-7-11-17)13-15-9-5-8-12-18(15)3/h5,8-9,12,14H,4,6-7,10-11,13H2,1-3H3/q+1. The average Bonchev–Trinajstić information content (AvgIpc) is 2.42. The van der Waals surface area contributed by atoms with Crippen LogP contribution in [0.5, 0.6) is 0 Å². The van der Waals surface area contributed by atoms with Crippen LogP contribution in [0.4, 0.5) is 0 Å². The summed E-state index contributed by atoms with van der Waals surface area (Å²) >= 11 is 0. The molecule has 1 aliphatic carbocycles. The first kappa shape index (κ1) is 15.0. The zero-order valence-electron chi connectivity index (χ0n) is 12.9. The van der Waals surface area contributed by atoms with E-state index in [1.165, 1.54) is 12.1 Å². The predicted molar refractivity (Wildman–Crippen MR) is 78.1 cm³/mol. The van der Waals surface area contributed by atoms with Crippen molar-refractivity contribution in [2.24, 2.45) is 13.0 Å². The number of carbonyl (C=O) groups is 1. The molecule has 1 heterocycles. The first-order chi connectivity index (χ1) is 9.52. The molecule has 0 aromatic carbocycles. The largest absolute Gasteiger partial charge is 0.458 e. The molecule has 1 saturated carbocycles. The summed E-state index contributed by atoms with van der Waals surface area (Å²) in [7, 11) is 2.05. The van der Waals surface area contributed by atoms with Crippen LogP contribution < -0.4 is 4.57 Å². The normalized spacial score (nSPS) is 18.0. The summed E-state index contributed by atoms with van der Waals surface area (Å²) in [5, 5.41) is 0. The minimum atomic E-state index is -0.293. The van der Waals surface area contributed by atoms with Crippen LogP contribution in [-0.2, 0) is 23.0 Å². The highest BCUT2D eigenvalue weighted by atomic mass is 16.6. The number of nitrogens with zero attached hydrogens (tertiary/aromatic N) is 1. The Kier molecular flexibility index (Phi) is 4.79. The van der Waals surface area contributed by atoms with Gasteiger partial charge in [-0.3, -0.25) is 4.79 Å². The quantitative estimate of drug-likeness (QED) is 0.625. The fourth-order valence-corrected chi connectivity index (χ4v) is 2.91. The van der Waals surface area contributed by atoms with Crippen molar-refractivity contribution in [3.63, 3.8) is 0 Å². The number of esters is 1. The minimum Gasteiger partial charge on any atom is -0.458 e. The highest BCUT2D eigenvalue weighted by molar-refractivity contribution is 5.72. The molecule has 1 aliphatic rings. The first-order valence-electron chi connectivity index (χ1n) is 7.69. The van der Waals surface area contributed by atoms with E-state index in [-0.39, 0.29) is 17.5 Å². The van der Waals surface area contributed by atoms with Crippen molar-refractivity contribution in [1.82, 2.24) is 0 Å². The number of aryl methyl sites for hydroxylation is 1. The Morgan fingerprint density at radius 2 is 2.00 bits per heavy atom. The molecule has 0 unspecified atom stereocenters. The Morgan fingerprint density at radius 3 is 2.60 bits per heavy atom. The molecular formula is C17H26NO2+. The molecule has 20 heavy (non-hydrogen) atoms. The van der Waals surface area contributed by atoms with Gasteiger partial charge in [0.25, 0.3) is 0 Å². The van der Waals surface area contributed by atoms with Crippen molar-refractivity contribution >= 4 is 5.97 Å². The summed E-state index contributed by atoms with van der Waals surface area (Å²) in [6.45, 7) is 3.81. The van der Waals surface area contributed by atoms with Crippen LogP contribution in [0.25, 0.3) is 0 Å². The molecule has 1 aromatic rings. The molecule has 3 nitrogen and oxygen atoms in total. The number of aromatic nitrogens is 1. The maximum absolute atomic E-state index is 12.1. The summed E-state index contributed by atoms with van der Waals surface area (Å²) in [6, 6.07) is 6.20. The molecule has 0 N–H and O–H groups in total. The van der Waals surface area contributed by atoms with E-state index in [1.54, 1.807) is 0 Å². The van der Waals surface area contributed by atoms with Crippen LogP contribution in [0.1, 0.15) is 51.6 Å². The van der Waals surface area contributed by atoms with Crippen molar-refractivity contribution in [3.8, 4) is 0 Å². The molecule has 1 aromatic heterocycles. The average molecular weight is 276 g/mol. The van der Waals surface area contributed by atoms with Gasteiger partial charge in [0, 0.05) is 12.1 Å². The Morgan fingerprint density at radius 1 is 1.30 bits per heavy atom. The van der Waals surface area contributed by atoms with Gasteiger partial charge in [0.05, 0.1) is 12.3 Å². The molecule has 110 valence electrons. The van der Waals surface area contributed by atoms with E-state index in [9.17, 15) is 4.79 Å². The second-order valence-corrected chi connectivity index (χ2v) is 6.30. The molecule has 0 bridgehead atoms. The molecular weight excluding hydrogens is 250 g/mol. The number of rotatable bonds is 4. The van der Waals surface area contributed by atoms with E-state index < -0.39 is 0 Å². The number of pyridine rings is 1. The lowest BCUT2D eigenvalue weighted by Crippen LogP contribution is -2.45. The minimum absolute atomic E-state index is 0.0571. The van der Waals surface area contributed by atoms with Gasteiger partial charge in [0.1, 0.15) is 12.6 Å². The molecule has 1 fully saturated rings. The molecule has 0 aliphatic heterocycles. The van der Waals surface area contributed by atoms with Crippen LogP contribution in [0.3, 0.4) is 0 Å². The fourth-order valence-electron chi connectivity index (χ4n) is 2.91. The highest BCUT2D eigenvalue weighted by Gasteiger charge is 2.38. The van der Waals surface area contributed by atoms with Crippen molar-refractivity contribution in [2.75, 3.05) is 0 Å². The Balaban J connectivity index is 2.19. The van der Waals surface area contributed by atoms with Crippen molar-refractivity contribution in [1.29, 1.82) is 0 Å². The second-order valence-electron chi connectivity index (χ2n) is 6.30. The number of hydrogen-bond donors (Lipinski definition) is 0. The van der Waals surface area contributed by atoms with E-state index in [2.05, 4.69) is 29.9 Å². The van der Waals surface area contributed by atoms with E-state index in [1.807, 2.05) is 19.9 Å².